The Bertz CT molecular complexity index is 1440. The summed E-state index contributed by atoms with van der Waals surface area (Å²) in [7, 11) is 0. The zero-order valence-electron chi connectivity index (χ0n) is 16.5. The zero-order chi connectivity index (χ0) is 23.5. The Kier molecular flexibility index (Phi) is 6.43. The van der Waals surface area contributed by atoms with Gasteiger partial charge in [-0.3, -0.25) is 0 Å². The highest BCUT2D eigenvalue weighted by Gasteiger charge is 2.27. The van der Waals surface area contributed by atoms with Crippen molar-refractivity contribution in [2.75, 3.05) is 6.61 Å². The summed E-state index contributed by atoms with van der Waals surface area (Å²) in [6.07, 6.45) is -0.858. The van der Waals surface area contributed by atoms with Gasteiger partial charge in [0.25, 0.3) is 0 Å². The van der Waals surface area contributed by atoms with Crippen LogP contribution in [0.5, 0.6) is 11.5 Å². The Balaban J connectivity index is 1.75. The van der Waals surface area contributed by atoms with Crippen molar-refractivity contribution in [3.05, 3.63) is 80.3 Å². The molecule has 0 aliphatic rings. The van der Waals surface area contributed by atoms with E-state index in [1.165, 1.54) is 4.85 Å². The first kappa shape index (κ1) is 22.5. The van der Waals surface area contributed by atoms with Crippen LogP contribution in [0.15, 0.2) is 48.5 Å². The lowest BCUT2D eigenvalue weighted by Gasteiger charge is -2.22. The standard InChI is InChI=1S/C22H12Cl3N5O3/c23-13-5-3-4-12(8-13)18(11-32-30-17-7-2-1-6-16(17)28-29-30)33-22-15(10-27)14(9-26)21(31)19(24)20(22)25/h1-8,18,31H,11H2. The first-order chi connectivity index (χ1) is 15.9. The number of benzene rings is 3. The maximum absolute atomic E-state index is 10.1. The van der Waals surface area contributed by atoms with Crippen molar-refractivity contribution in [1.82, 2.24) is 15.2 Å². The van der Waals surface area contributed by atoms with Gasteiger partial charge < -0.3 is 14.7 Å². The molecular formula is C22H12Cl3N5O3. The lowest BCUT2D eigenvalue weighted by atomic mass is 10.1. The van der Waals surface area contributed by atoms with Crippen molar-refractivity contribution < 1.29 is 14.7 Å². The van der Waals surface area contributed by atoms with Crippen LogP contribution in [0.3, 0.4) is 0 Å². The highest BCUT2D eigenvalue weighted by Crippen LogP contribution is 2.45. The normalized spacial score (nSPS) is 11.5. The molecule has 1 heterocycles. The topological polar surface area (TPSA) is 117 Å². The number of halogens is 3. The molecule has 8 nitrogen and oxygen atoms in total. The van der Waals surface area contributed by atoms with Crippen molar-refractivity contribution >= 4 is 45.8 Å². The van der Waals surface area contributed by atoms with E-state index in [9.17, 15) is 15.6 Å². The van der Waals surface area contributed by atoms with E-state index in [-0.39, 0.29) is 33.5 Å². The average Bonchev–Trinajstić information content (AvgIpc) is 3.24. The average molecular weight is 501 g/mol. The molecule has 0 saturated heterocycles. The molecule has 0 bridgehead atoms. The predicted molar refractivity (Wildman–Crippen MR) is 121 cm³/mol. The summed E-state index contributed by atoms with van der Waals surface area (Å²) < 4.78 is 6.05. The van der Waals surface area contributed by atoms with Gasteiger partial charge in [0.05, 0.1) is 0 Å². The molecule has 0 aliphatic carbocycles. The highest BCUT2D eigenvalue weighted by atomic mass is 35.5. The summed E-state index contributed by atoms with van der Waals surface area (Å²) in [6.45, 7) is -0.102. The quantitative estimate of drug-likeness (QED) is 0.392. The second kappa shape index (κ2) is 9.43. The van der Waals surface area contributed by atoms with E-state index in [0.717, 1.165) is 0 Å². The summed E-state index contributed by atoms with van der Waals surface area (Å²) in [5, 5.41) is 37.1. The Morgan fingerprint density at radius 3 is 2.48 bits per heavy atom. The number of aromatic nitrogens is 3. The van der Waals surface area contributed by atoms with Crippen LogP contribution in [0, 0.1) is 22.7 Å². The van der Waals surface area contributed by atoms with Crippen LogP contribution < -0.4 is 9.57 Å². The van der Waals surface area contributed by atoms with Gasteiger partial charge >= 0.3 is 0 Å². The van der Waals surface area contributed by atoms with Crippen LogP contribution in [-0.2, 0) is 0 Å². The lowest BCUT2D eigenvalue weighted by Crippen LogP contribution is -2.24. The lowest BCUT2D eigenvalue weighted by molar-refractivity contribution is 0.0243. The van der Waals surface area contributed by atoms with E-state index in [2.05, 4.69) is 10.3 Å². The smallest absolute Gasteiger partial charge is 0.160 e. The third kappa shape index (κ3) is 4.33. The number of nitriles is 2. The minimum atomic E-state index is -0.858. The van der Waals surface area contributed by atoms with Gasteiger partial charge in [-0.15, -0.1) is 5.10 Å². The molecular weight excluding hydrogens is 489 g/mol. The van der Waals surface area contributed by atoms with Crippen molar-refractivity contribution in [3.8, 4) is 23.6 Å². The van der Waals surface area contributed by atoms with Crippen LogP contribution in [0.4, 0.5) is 0 Å². The molecule has 164 valence electrons. The van der Waals surface area contributed by atoms with Crippen molar-refractivity contribution in [2.45, 2.75) is 6.10 Å². The van der Waals surface area contributed by atoms with E-state index >= 15 is 0 Å². The van der Waals surface area contributed by atoms with Crippen molar-refractivity contribution in [1.29, 1.82) is 10.5 Å². The number of hydrogen-bond acceptors (Lipinski definition) is 7. The summed E-state index contributed by atoms with van der Waals surface area (Å²) in [4.78, 5) is 7.06. The largest absolute Gasteiger partial charge is 0.505 e. The van der Waals surface area contributed by atoms with Gasteiger partial charge in [0.1, 0.15) is 44.3 Å². The molecule has 1 aromatic heterocycles. The van der Waals surface area contributed by atoms with Crippen LogP contribution in [0.2, 0.25) is 15.1 Å². The molecule has 4 rings (SSSR count). The number of rotatable bonds is 6. The van der Waals surface area contributed by atoms with Crippen LogP contribution >= 0.6 is 34.8 Å². The summed E-state index contributed by atoms with van der Waals surface area (Å²) in [5.41, 5.74) is 1.25. The monoisotopic (exact) mass is 499 g/mol. The Morgan fingerprint density at radius 2 is 1.76 bits per heavy atom. The molecule has 0 amide bonds. The van der Waals surface area contributed by atoms with Crippen LogP contribution in [0.1, 0.15) is 22.8 Å². The fourth-order valence-corrected chi connectivity index (χ4v) is 3.72. The van der Waals surface area contributed by atoms with Gasteiger partial charge in [-0.25, -0.2) is 0 Å². The van der Waals surface area contributed by atoms with Crippen molar-refractivity contribution in [3.63, 3.8) is 0 Å². The molecule has 33 heavy (non-hydrogen) atoms. The molecule has 1 N–H and O–H groups in total. The number of ether oxygens (including phenoxy) is 1. The molecule has 1 unspecified atom stereocenters. The second-order valence-electron chi connectivity index (χ2n) is 6.69. The molecule has 3 aromatic carbocycles. The highest BCUT2D eigenvalue weighted by molar-refractivity contribution is 6.44. The molecule has 1 atom stereocenters. The third-order valence-electron chi connectivity index (χ3n) is 4.69. The number of aromatic hydroxyl groups is 1. The molecule has 11 heteroatoms. The van der Waals surface area contributed by atoms with Gasteiger partial charge in [0, 0.05) is 5.02 Å². The number of phenols is 1. The van der Waals surface area contributed by atoms with Gasteiger partial charge in [-0.2, -0.15) is 10.5 Å². The Hall–Kier alpha value is -3.69. The number of phenolic OH excluding ortho intramolecular Hbond substituents is 1. The number of nitrogens with zero attached hydrogens (tertiary/aromatic N) is 5. The maximum atomic E-state index is 10.1. The SMILES string of the molecule is N#Cc1c(O)c(Cl)c(Cl)c(OC(COn2nnc3ccccc32)c2cccc(Cl)c2)c1C#N. The Labute approximate surface area is 202 Å². The van der Waals surface area contributed by atoms with Gasteiger partial charge in [-0.05, 0) is 35.0 Å². The molecule has 0 aliphatic heterocycles. The van der Waals surface area contributed by atoms with Gasteiger partial charge in [0.15, 0.2) is 24.2 Å². The summed E-state index contributed by atoms with van der Waals surface area (Å²) in [6, 6.07) is 17.6. The first-order valence-corrected chi connectivity index (χ1v) is 10.5. The second-order valence-corrected chi connectivity index (χ2v) is 7.88. The molecule has 0 radical (unpaired) electrons. The molecule has 0 spiro atoms. The van der Waals surface area contributed by atoms with E-state index in [4.69, 9.17) is 44.4 Å². The number of para-hydroxylation sites is 1. The van der Waals surface area contributed by atoms with E-state index in [1.807, 2.05) is 18.2 Å². The van der Waals surface area contributed by atoms with E-state index in [0.29, 0.717) is 21.6 Å². The first-order valence-electron chi connectivity index (χ1n) is 9.34. The summed E-state index contributed by atoms with van der Waals surface area (Å²) >= 11 is 18.5. The predicted octanol–water partition coefficient (Wildman–Crippen LogP) is 5.09. The van der Waals surface area contributed by atoms with E-state index in [1.54, 1.807) is 42.5 Å². The Morgan fingerprint density at radius 1 is 1.00 bits per heavy atom. The minimum Gasteiger partial charge on any atom is -0.505 e. The fraction of sp³-hybridized carbons (Fsp3) is 0.0909. The third-order valence-corrected chi connectivity index (χ3v) is 5.75. The number of hydrogen-bond donors (Lipinski definition) is 1. The maximum Gasteiger partial charge on any atom is 0.160 e. The van der Waals surface area contributed by atoms with Gasteiger partial charge in [-0.1, -0.05) is 63.9 Å². The zero-order valence-corrected chi connectivity index (χ0v) is 18.8. The molecule has 4 aromatic rings. The van der Waals surface area contributed by atoms with E-state index < -0.39 is 11.9 Å². The minimum absolute atomic E-state index is 0.102. The van der Waals surface area contributed by atoms with Crippen LogP contribution in [0.25, 0.3) is 11.0 Å². The van der Waals surface area contributed by atoms with Crippen molar-refractivity contribution in [2.24, 2.45) is 0 Å². The number of fused-ring (bicyclic) bond motifs is 1. The van der Waals surface area contributed by atoms with Gasteiger partial charge in [0.2, 0.25) is 0 Å². The fourth-order valence-electron chi connectivity index (χ4n) is 3.11. The molecule has 0 saturated carbocycles. The van der Waals surface area contributed by atoms with Crippen LogP contribution in [-0.4, -0.2) is 26.9 Å². The summed E-state index contributed by atoms with van der Waals surface area (Å²) in [5.74, 6) is -0.770. The molecule has 0 fully saturated rings.